The molecule has 0 radical (unpaired) electrons. The van der Waals surface area contributed by atoms with Crippen molar-refractivity contribution in [3.8, 4) is 5.75 Å². The summed E-state index contributed by atoms with van der Waals surface area (Å²) in [5.74, 6) is -0.326. The van der Waals surface area contributed by atoms with Gasteiger partial charge in [-0.2, -0.15) is 0 Å². The van der Waals surface area contributed by atoms with Crippen LogP contribution in [0.5, 0.6) is 5.75 Å². The zero-order valence-corrected chi connectivity index (χ0v) is 13.4. The van der Waals surface area contributed by atoms with E-state index in [1.165, 1.54) is 19.1 Å². The molecule has 2 aromatic rings. The van der Waals surface area contributed by atoms with E-state index in [0.29, 0.717) is 11.3 Å². The maximum absolute atomic E-state index is 11.8. The lowest BCUT2D eigenvalue weighted by molar-refractivity contribution is -0.384. The van der Waals surface area contributed by atoms with Crippen LogP contribution in [0.15, 0.2) is 42.5 Å². The van der Waals surface area contributed by atoms with Crippen molar-refractivity contribution >= 4 is 34.7 Å². The first-order chi connectivity index (χ1) is 11.4. The number of anilines is 1. The Labute approximate surface area is 142 Å². The largest absolute Gasteiger partial charge is 0.482 e. The zero-order valence-electron chi connectivity index (χ0n) is 12.6. The Morgan fingerprint density at radius 3 is 2.42 bits per heavy atom. The summed E-state index contributed by atoms with van der Waals surface area (Å²) in [7, 11) is 0. The summed E-state index contributed by atoms with van der Waals surface area (Å²) < 4.78 is 5.25. The Morgan fingerprint density at radius 2 is 1.88 bits per heavy atom. The van der Waals surface area contributed by atoms with E-state index in [1.807, 2.05) is 0 Å². The summed E-state index contributed by atoms with van der Waals surface area (Å²) in [6.45, 7) is 1.14. The highest BCUT2D eigenvalue weighted by atomic mass is 35.5. The number of non-ortho nitro benzene ring substituents is 1. The molecule has 24 heavy (non-hydrogen) atoms. The van der Waals surface area contributed by atoms with Crippen LogP contribution in [-0.4, -0.2) is 23.2 Å². The fraction of sp³-hybridized carbons (Fsp3) is 0.125. The highest BCUT2D eigenvalue weighted by Gasteiger charge is 2.12. The van der Waals surface area contributed by atoms with Gasteiger partial charge in [0.15, 0.2) is 12.4 Å². The van der Waals surface area contributed by atoms with Crippen LogP contribution in [0.3, 0.4) is 0 Å². The number of halogens is 1. The second kappa shape index (κ2) is 7.56. The fourth-order valence-electron chi connectivity index (χ4n) is 1.85. The van der Waals surface area contributed by atoms with Gasteiger partial charge in [-0.1, -0.05) is 11.6 Å². The summed E-state index contributed by atoms with van der Waals surface area (Å²) in [4.78, 5) is 33.1. The number of amides is 1. The number of ether oxygens (including phenoxy) is 1. The molecular weight excluding hydrogens is 336 g/mol. The SMILES string of the molecule is CC(=O)c1ccc(NC(=O)COc2ccc([N+](=O)[O-])cc2Cl)cc1. The Balaban J connectivity index is 1.93. The molecule has 0 atom stereocenters. The number of benzene rings is 2. The predicted octanol–water partition coefficient (Wildman–Crippen LogP) is 3.47. The predicted molar refractivity (Wildman–Crippen MR) is 88.7 cm³/mol. The summed E-state index contributed by atoms with van der Waals surface area (Å²) in [5, 5.41) is 13.3. The first-order valence-electron chi connectivity index (χ1n) is 6.84. The minimum atomic E-state index is -0.576. The molecule has 0 aliphatic rings. The molecule has 0 fully saturated rings. The molecule has 1 amide bonds. The van der Waals surface area contributed by atoms with E-state index in [0.717, 1.165) is 6.07 Å². The number of nitro benzene ring substituents is 1. The van der Waals surface area contributed by atoms with Crippen LogP contribution >= 0.6 is 11.6 Å². The molecule has 2 rings (SSSR count). The van der Waals surface area contributed by atoms with Gasteiger partial charge in [0.1, 0.15) is 5.75 Å². The van der Waals surface area contributed by atoms with E-state index >= 15 is 0 Å². The van der Waals surface area contributed by atoms with Crippen molar-refractivity contribution in [1.82, 2.24) is 0 Å². The van der Waals surface area contributed by atoms with Gasteiger partial charge in [-0.15, -0.1) is 0 Å². The Kier molecular flexibility index (Phi) is 5.49. The fourth-order valence-corrected chi connectivity index (χ4v) is 2.08. The van der Waals surface area contributed by atoms with Gasteiger partial charge in [0.05, 0.1) is 9.95 Å². The number of carbonyl (C=O) groups excluding carboxylic acids is 2. The molecule has 0 aromatic heterocycles. The average Bonchev–Trinajstić information content (AvgIpc) is 2.54. The second-order valence-corrected chi connectivity index (χ2v) is 5.25. The number of Topliss-reactive ketones (excluding diaryl/α,β-unsaturated/α-hetero) is 1. The smallest absolute Gasteiger partial charge is 0.271 e. The van der Waals surface area contributed by atoms with Crippen LogP contribution in [0.25, 0.3) is 0 Å². The number of hydrogen-bond donors (Lipinski definition) is 1. The Bertz CT molecular complexity index is 790. The van der Waals surface area contributed by atoms with E-state index in [2.05, 4.69) is 5.32 Å². The summed E-state index contributed by atoms with van der Waals surface area (Å²) in [5.41, 5.74) is 0.896. The molecule has 1 N–H and O–H groups in total. The molecule has 0 aliphatic heterocycles. The number of nitrogens with one attached hydrogen (secondary N) is 1. The molecule has 0 saturated carbocycles. The van der Waals surface area contributed by atoms with E-state index in [1.54, 1.807) is 24.3 Å². The molecule has 8 heteroatoms. The van der Waals surface area contributed by atoms with E-state index in [-0.39, 0.29) is 28.8 Å². The lowest BCUT2D eigenvalue weighted by Gasteiger charge is -2.09. The van der Waals surface area contributed by atoms with Gasteiger partial charge >= 0.3 is 0 Å². The van der Waals surface area contributed by atoms with Gasteiger partial charge < -0.3 is 10.1 Å². The van der Waals surface area contributed by atoms with E-state index in [4.69, 9.17) is 16.3 Å². The summed E-state index contributed by atoms with van der Waals surface area (Å²) >= 11 is 5.87. The molecule has 0 heterocycles. The molecule has 0 unspecified atom stereocenters. The van der Waals surface area contributed by atoms with Crippen molar-refractivity contribution in [2.24, 2.45) is 0 Å². The number of nitrogens with zero attached hydrogens (tertiary/aromatic N) is 1. The highest BCUT2D eigenvalue weighted by Crippen LogP contribution is 2.28. The molecule has 0 saturated heterocycles. The maximum atomic E-state index is 11.8. The third-order valence-corrected chi connectivity index (χ3v) is 3.36. The minimum Gasteiger partial charge on any atom is -0.482 e. The molecule has 0 spiro atoms. The average molecular weight is 349 g/mol. The maximum Gasteiger partial charge on any atom is 0.271 e. The molecule has 0 aliphatic carbocycles. The summed E-state index contributed by atoms with van der Waals surface area (Å²) in [6, 6.07) is 10.1. The minimum absolute atomic E-state index is 0.0443. The molecule has 124 valence electrons. The summed E-state index contributed by atoms with van der Waals surface area (Å²) in [6.07, 6.45) is 0. The quantitative estimate of drug-likeness (QED) is 0.489. The first kappa shape index (κ1) is 17.4. The lowest BCUT2D eigenvalue weighted by Crippen LogP contribution is -2.20. The van der Waals surface area contributed by atoms with Crippen molar-refractivity contribution in [1.29, 1.82) is 0 Å². The van der Waals surface area contributed by atoms with Gasteiger partial charge in [0.25, 0.3) is 11.6 Å². The number of nitro groups is 1. The van der Waals surface area contributed by atoms with Gasteiger partial charge in [-0.3, -0.25) is 19.7 Å². The van der Waals surface area contributed by atoms with Crippen molar-refractivity contribution in [3.05, 3.63) is 63.2 Å². The molecular formula is C16H13ClN2O5. The van der Waals surface area contributed by atoms with Crippen LogP contribution in [0.2, 0.25) is 5.02 Å². The number of hydrogen-bond acceptors (Lipinski definition) is 5. The Hall–Kier alpha value is -2.93. The topological polar surface area (TPSA) is 98.5 Å². The van der Waals surface area contributed by atoms with Gasteiger partial charge in [0, 0.05) is 23.4 Å². The van der Waals surface area contributed by atoms with Gasteiger partial charge in [0.2, 0.25) is 0 Å². The highest BCUT2D eigenvalue weighted by molar-refractivity contribution is 6.32. The van der Waals surface area contributed by atoms with Crippen LogP contribution < -0.4 is 10.1 Å². The van der Waals surface area contributed by atoms with Crippen molar-refractivity contribution in [2.75, 3.05) is 11.9 Å². The van der Waals surface area contributed by atoms with E-state index < -0.39 is 10.8 Å². The third-order valence-electron chi connectivity index (χ3n) is 3.06. The van der Waals surface area contributed by atoms with Crippen molar-refractivity contribution < 1.29 is 19.2 Å². The first-order valence-corrected chi connectivity index (χ1v) is 7.22. The van der Waals surface area contributed by atoms with Gasteiger partial charge in [-0.05, 0) is 37.3 Å². The van der Waals surface area contributed by atoms with Crippen molar-refractivity contribution in [2.45, 2.75) is 6.92 Å². The number of ketones is 1. The van der Waals surface area contributed by atoms with Crippen molar-refractivity contribution in [3.63, 3.8) is 0 Å². The van der Waals surface area contributed by atoms with Gasteiger partial charge in [-0.25, -0.2) is 0 Å². The molecule has 2 aromatic carbocycles. The standard InChI is InChI=1S/C16H13ClN2O5/c1-10(20)11-2-4-12(5-3-11)18-16(21)9-24-15-7-6-13(19(22)23)8-14(15)17/h2-8H,9H2,1H3,(H,18,21). The van der Waals surface area contributed by atoms with E-state index in [9.17, 15) is 19.7 Å². The Morgan fingerprint density at radius 1 is 1.21 bits per heavy atom. The second-order valence-electron chi connectivity index (χ2n) is 4.84. The van der Waals surface area contributed by atoms with Crippen LogP contribution in [0, 0.1) is 10.1 Å². The third kappa shape index (κ3) is 4.53. The number of rotatable bonds is 6. The van der Waals surface area contributed by atoms with Crippen LogP contribution in [0.1, 0.15) is 17.3 Å². The molecule has 0 bridgehead atoms. The monoisotopic (exact) mass is 348 g/mol. The number of carbonyl (C=O) groups is 2. The lowest BCUT2D eigenvalue weighted by atomic mass is 10.1. The van der Waals surface area contributed by atoms with Crippen LogP contribution in [0.4, 0.5) is 11.4 Å². The normalized spacial score (nSPS) is 10.1. The molecule has 7 nitrogen and oxygen atoms in total. The zero-order chi connectivity index (χ0) is 17.7. The van der Waals surface area contributed by atoms with Crippen LogP contribution in [-0.2, 0) is 4.79 Å².